The van der Waals surface area contributed by atoms with Crippen molar-refractivity contribution in [2.24, 2.45) is 0 Å². The number of benzene rings is 1. The number of nitrogens with zero attached hydrogens (tertiary/aromatic N) is 3. The fourth-order valence-corrected chi connectivity index (χ4v) is 2.57. The molecule has 1 heterocycles. The average molecular weight is 389 g/mol. The third kappa shape index (κ3) is 3.59. The van der Waals surface area contributed by atoms with Crippen molar-refractivity contribution in [3.05, 3.63) is 50.1 Å². The van der Waals surface area contributed by atoms with Crippen molar-refractivity contribution in [3.63, 3.8) is 0 Å². The van der Waals surface area contributed by atoms with Crippen LogP contribution in [0.1, 0.15) is 25.5 Å². The van der Waals surface area contributed by atoms with Gasteiger partial charge in [0.05, 0.1) is 12.6 Å². The zero-order chi connectivity index (χ0) is 16.3. The van der Waals surface area contributed by atoms with Crippen molar-refractivity contribution >= 4 is 33.5 Å². The quantitative estimate of drug-likeness (QED) is 0.739. The van der Waals surface area contributed by atoms with Crippen LogP contribution in [0.4, 0.5) is 0 Å². The average Bonchev–Trinajstić information content (AvgIpc) is 2.76. The van der Waals surface area contributed by atoms with Gasteiger partial charge in [-0.15, -0.1) is 5.10 Å². The van der Waals surface area contributed by atoms with Crippen molar-refractivity contribution in [2.75, 3.05) is 6.61 Å². The summed E-state index contributed by atoms with van der Waals surface area (Å²) in [6.07, 6.45) is 0. The van der Waals surface area contributed by atoms with Crippen molar-refractivity contribution in [3.8, 4) is 0 Å². The molecule has 2 aromatic rings. The van der Waals surface area contributed by atoms with Gasteiger partial charge in [0.2, 0.25) is 4.73 Å². The number of carbonyl (C=O) groups is 1. The Morgan fingerprint density at radius 1 is 1.41 bits per heavy atom. The lowest BCUT2D eigenvalue weighted by molar-refractivity contribution is -0.143. The van der Waals surface area contributed by atoms with E-state index >= 15 is 0 Å². The molecule has 1 unspecified atom stereocenters. The predicted molar refractivity (Wildman–Crippen MR) is 86.1 cm³/mol. The van der Waals surface area contributed by atoms with Gasteiger partial charge in [-0.1, -0.05) is 23.7 Å². The van der Waals surface area contributed by atoms with Crippen LogP contribution in [0.5, 0.6) is 0 Å². The van der Waals surface area contributed by atoms with E-state index in [0.717, 1.165) is 5.56 Å². The van der Waals surface area contributed by atoms with Crippen molar-refractivity contribution in [1.82, 2.24) is 14.3 Å². The van der Waals surface area contributed by atoms with Gasteiger partial charge in [-0.2, -0.15) is 0 Å². The monoisotopic (exact) mass is 387 g/mol. The molecule has 2 rings (SSSR count). The summed E-state index contributed by atoms with van der Waals surface area (Å²) in [4.78, 5) is 24.0. The lowest BCUT2D eigenvalue weighted by Gasteiger charge is -2.11. The first-order valence-corrected chi connectivity index (χ1v) is 7.87. The molecule has 1 atom stereocenters. The minimum absolute atomic E-state index is 0.180. The number of hydrogen-bond donors (Lipinski definition) is 0. The molecule has 1 aromatic heterocycles. The normalized spacial score (nSPS) is 12.2. The molecule has 0 aliphatic rings. The zero-order valence-electron chi connectivity index (χ0n) is 12.1. The lowest BCUT2D eigenvalue weighted by atomic mass is 10.1. The molecule has 0 bridgehead atoms. The Bertz CT molecular complexity index is 724. The molecule has 8 heteroatoms. The van der Waals surface area contributed by atoms with Gasteiger partial charge in [0.1, 0.15) is 6.54 Å². The maximum Gasteiger partial charge on any atom is 0.347 e. The highest BCUT2D eigenvalue weighted by Crippen LogP contribution is 2.19. The molecular weight excluding hydrogens is 374 g/mol. The maximum absolute atomic E-state index is 12.4. The summed E-state index contributed by atoms with van der Waals surface area (Å²) in [6, 6.07) is 6.88. The first-order chi connectivity index (χ1) is 10.4. The third-order valence-electron chi connectivity index (χ3n) is 3.15. The molecular formula is C14H15BrClN3O3. The van der Waals surface area contributed by atoms with Crippen LogP contribution in [-0.4, -0.2) is 26.9 Å². The molecule has 0 aliphatic heterocycles. The lowest BCUT2D eigenvalue weighted by Crippen LogP contribution is -2.30. The van der Waals surface area contributed by atoms with Gasteiger partial charge in [0.15, 0.2) is 0 Å². The Hall–Kier alpha value is -1.60. The number of hydrogen-bond acceptors (Lipinski definition) is 4. The fourth-order valence-electron chi connectivity index (χ4n) is 1.99. The minimum Gasteiger partial charge on any atom is -0.465 e. The van der Waals surface area contributed by atoms with Crippen molar-refractivity contribution in [2.45, 2.75) is 26.4 Å². The number of rotatable bonds is 5. The second kappa shape index (κ2) is 7.11. The van der Waals surface area contributed by atoms with Crippen LogP contribution in [0.3, 0.4) is 0 Å². The van der Waals surface area contributed by atoms with E-state index in [-0.39, 0.29) is 29.6 Å². The van der Waals surface area contributed by atoms with E-state index in [1.807, 2.05) is 19.1 Å². The summed E-state index contributed by atoms with van der Waals surface area (Å²) in [6.45, 7) is 3.64. The van der Waals surface area contributed by atoms with Gasteiger partial charge >= 0.3 is 11.7 Å². The van der Waals surface area contributed by atoms with Crippen LogP contribution >= 0.6 is 27.5 Å². The fraction of sp³-hybridized carbons (Fsp3) is 0.357. The highest BCUT2D eigenvalue weighted by Gasteiger charge is 2.19. The smallest absolute Gasteiger partial charge is 0.347 e. The largest absolute Gasteiger partial charge is 0.465 e. The van der Waals surface area contributed by atoms with Gasteiger partial charge in [-0.25, -0.2) is 9.48 Å². The van der Waals surface area contributed by atoms with Crippen LogP contribution in [0.15, 0.2) is 33.8 Å². The molecule has 0 saturated carbocycles. The summed E-state index contributed by atoms with van der Waals surface area (Å²) in [5.41, 5.74) is 0.502. The molecule has 22 heavy (non-hydrogen) atoms. The van der Waals surface area contributed by atoms with E-state index in [0.29, 0.717) is 5.02 Å². The Morgan fingerprint density at radius 2 is 2.05 bits per heavy atom. The Balaban J connectivity index is 2.31. The summed E-state index contributed by atoms with van der Waals surface area (Å²) in [5, 5.41) is 4.79. The Kier molecular flexibility index (Phi) is 5.42. The number of aromatic nitrogens is 3. The van der Waals surface area contributed by atoms with Crippen molar-refractivity contribution < 1.29 is 9.53 Å². The number of ether oxygens (including phenoxy) is 1. The standard InChI is InChI=1S/C14H15BrClN3O3/c1-3-22-12(20)8-18-13(15)17-19(14(18)21)9(2)10-4-6-11(16)7-5-10/h4-7,9H,3,8H2,1-2H3. The van der Waals surface area contributed by atoms with Crippen LogP contribution in [-0.2, 0) is 16.1 Å². The Labute approximate surface area is 140 Å². The topological polar surface area (TPSA) is 66.1 Å². The van der Waals surface area contributed by atoms with Crippen LogP contribution in [0.25, 0.3) is 0 Å². The van der Waals surface area contributed by atoms with E-state index in [1.54, 1.807) is 19.1 Å². The molecule has 0 aliphatic carbocycles. The molecule has 0 N–H and O–H groups in total. The van der Waals surface area contributed by atoms with Gasteiger partial charge < -0.3 is 4.74 Å². The van der Waals surface area contributed by atoms with Crippen LogP contribution in [0, 0.1) is 0 Å². The first-order valence-electron chi connectivity index (χ1n) is 6.70. The number of halogens is 2. The van der Waals surface area contributed by atoms with Gasteiger partial charge in [-0.05, 0) is 47.5 Å². The van der Waals surface area contributed by atoms with Gasteiger partial charge in [0.25, 0.3) is 0 Å². The van der Waals surface area contributed by atoms with E-state index in [2.05, 4.69) is 21.0 Å². The van der Waals surface area contributed by atoms with E-state index in [1.165, 1.54) is 9.25 Å². The SMILES string of the molecule is CCOC(=O)Cn1c(Br)nn(C(C)c2ccc(Cl)cc2)c1=O. The molecule has 1 aromatic carbocycles. The maximum atomic E-state index is 12.4. The molecule has 0 spiro atoms. The highest BCUT2D eigenvalue weighted by atomic mass is 79.9. The highest BCUT2D eigenvalue weighted by molar-refractivity contribution is 9.10. The molecule has 118 valence electrons. The second-order valence-corrected chi connectivity index (χ2v) is 5.76. The van der Waals surface area contributed by atoms with Crippen LogP contribution in [0.2, 0.25) is 5.02 Å². The number of esters is 1. The van der Waals surface area contributed by atoms with E-state index in [4.69, 9.17) is 16.3 Å². The minimum atomic E-state index is -0.482. The van der Waals surface area contributed by atoms with E-state index < -0.39 is 5.97 Å². The molecule has 0 saturated heterocycles. The summed E-state index contributed by atoms with van der Waals surface area (Å²) in [7, 11) is 0. The van der Waals surface area contributed by atoms with Gasteiger partial charge in [-0.3, -0.25) is 9.36 Å². The zero-order valence-corrected chi connectivity index (χ0v) is 14.5. The summed E-state index contributed by atoms with van der Waals surface area (Å²) >= 11 is 9.06. The van der Waals surface area contributed by atoms with E-state index in [9.17, 15) is 9.59 Å². The van der Waals surface area contributed by atoms with Crippen LogP contribution < -0.4 is 5.69 Å². The summed E-state index contributed by atoms with van der Waals surface area (Å²) in [5.74, 6) is -0.482. The second-order valence-electron chi connectivity index (χ2n) is 4.61. The van der Waals surface area contributed by atoms with Gasteiger partial charge in [0, 0.05) is 5.02 Å². The molecule has 0 amide bonds. The Morgan fingerprint density at radius 3 is 2.64 bits per heavy atom. The number of carbonyl (C=O) groups excluding carboxylic acids is 1. The molecule has 6 nitrogen and oxygen atoms in total. The van der Waals surface area contributed by atoms with Crippen molar-refractivity contribution in [1.29, 1.82) is 0 Å². The summed E-state index contributed by atoms with van der Waals surface area (Å²) < 4.78 is 7.67. The molecule has 0 radical (unpaired) electrons. The predicted octanol–water partition coefficient (Wildman–Crippen LogP) is 2.63. The third-order valence-corrected chi connectivity index (χ3v) is 3.99. The first kappa shape index (κ1) is 16.8. The molecule has 0 fully saturated rings.